The summed E-state index contributed by atoms with van der Waals surface area (Å²) in [6.07, 6.45) is 0. The molecule has 0 atom stereocenters. The Bertz CT molecular complexity index is 266. The van der Waals surface area contributed by atoms with Crippen molar-refractivity contribution in [1.82, 2.24) is 0 Å². The number of hydrogen-bond acceptors (Lipinski definition) is 4. The van der Waals surface area contributed by atoms with Crippen molar-refractivity contribution in [3.05, 3.63) is 11.8 Å². The van der Waals surface area contributed by atoms with E-state index in [-0.39, 0.29) is 5.20 Å². The van der Waals surface area contributed by atoms with Gasteiger partial charge in [0.25, 0.3) is 0 Å². The molecule has 5 nitrogen and oxygen atoms in total. The third kappa shape index (κ3) is 5.77. The Labute approximate surface area is 67.2 Å². The molecule has 0 spiro atoms. The summed E-state index contributed by atoms with van der Waals surface area (Å²) in [6.45, 7) is 3.27. The molecule has 0 saturated carbocycles. The average Bonchev–Trinajstić information content (AvgIpc) is 1.80. The summed E-state index contributed by atoms with van der Waals surface area (Å²) in [7, 11) is -3.81. The lowest BCUT2D eigenvalue weighted by atomic mass is 10.6. The van der Waals surface area contributed by atoms with Crippen molar-refractivity contribution in [2.24, 2.45) is 0 Å². The largest absolute Gasteiger partial charge is 0.444 e. The van der Waals surface area contributed by atoms with Crippen molar-refractivity contribution in [2.45, 2.75) is 0 Å². The van der Waals surface area contributed by atoms with Crippen molar-refractivity contribution in [1.29, 1.82) is 0 Å². The highest BCUT2D eigenvalue weighted by atomic mass is 32.2. The average molecular weight is 196 g/mol. The van der Waals surface area contributed by atoms with Gasteiger partial charge in [-0.1, -0.05) is 6.58 Å². The van der Waals surface area contributed by atoms with Crippen LogP contribution in [0.3, 0.4) is 0 Å². The Kier molecular flexibility index (Phi) is 3.43. The molecule has 0 aliphatic carbocycles. The minimum absolute atomic E-state index is 0.216. The smallest absolute Gasteiger partial charge is 0.329 e. The molecule has 0 rings (SSSR count). The Hall–Kier alpha value is -0.663. The van der Waals surface area contributed by atoms with Gasteiger partial charge in [0.15, 0.2) is 0 Å². The summed E-state index contributed by atoms with van der Waals surface area (Å²) < 4.78 is 32.3. The van der Waals surface area contributed by atoms with Crippen LogP contribution >= 0.6 is 0 Å². The molecule has 0 amide bonds. The molecule has 0 unspecified atom stereocenters. The lowest BCUT2D eigenvalue weighted by molar-refractivity contribution is -0.136. The van der Waals surface area contributed by atoms with Crippen LogP contribution < -0.4 is 0 Å². The van der Waals surface area contributed by atoms with E-state index in [9.17, 15) is 13.2 Å². The van der Waals surface area contributed by atoms with Crippen LogP contribution in [0, 0.1) is 0 Å². The number of carbonyl (C=O) groups is 1. The summed E-state index contributed by atoms with van der Waals surface area (Å²) in [4.78, 5) is 10.5. The monoisotopic (exact) mass is 196 g/mol. The van der Waals surface area contributed by atoms with E-state index < -0.39 is 22.0 Å². The molecule has 11 heavy (non-hydrogen) atoms. The molecule has 64 valence electrons. The zero-order chi connectivity index (χ0) is 9.07. The van der Waals surface area contributed by atoms with E-state index in [1.165, 1.54) is 0 Å². The number of carbonyl (C=O) groups excluding carboxylic acids is 1. The van der Waals surface area contributed by atoms with Crippen LogP contribution in [0.2, 0.25) is 0 Å². The normalized spacial score (nSPS) is 11.0. The molecular weight excluding hydrogens is 188 g/mol. The van der Waals surface area contributed by atoms with Crippen LogP contribution in [0.1, 0.15) is 0 Å². The van der Waals surface area contributed by atoms with Crippen LogP contribution in [-0.2, 0) is 19.6 Å². The molecule has 0 saturated heterocycles. The van der Waals surface area contributed by atoms with Gasteiger partial charge in [-0.2, -0.15) is 8.42 Å². The molecule has 0 aromatic rings. The van der Waals surface area contributed by atoms with Crippen LogP contribution in [0.4, 0.5) is 0 Å². The molecule has 7 heteroatoms. The van der Waals surface area contributed by atoms with Gasteiger partial charge in [-0.3, -0.25) is 4.55 Å². The van der Waals surface area contributed by atoms with Gasteiger partial charge < -0.3 is 4.74 Å². The topological polar surface area (TPSA) is 80.7 Å². The Morgan fingerprint density at radius 3 is 2.36 bits per heavy atom. The Morgan fingerprint density at radius 1 is 1.64 bits per heavy atom. The zero-order valence-corrected chi connectivity index (χ0v) is 8.72. The molecule has 1 N–H and O–H groups in total. The van der Waals surface area contributed by atoms with Crippen LogP contribution in [-0.4, -0.2) is 35.1 Å². The Morgan fingerprint density at radius 2 is 2.09 bits per heavy atom. The second-order valence-corrected chi connectivity index (χ2v) is 4.52. The van der Waals surface area contributed by atoms with E-state index in [0.29, 0.717) is 10.2 Å². The second kappa shape index (κ2) is 3.65. The van der Waals surface area contributed by atoms with Crippen molar-refractivity contribution >= 4 is 26.3 Å². The van der Waals surface area contributed by atoms with E-state index in [0.717, 1.165) is 0 Å². The predicted octanol–water partition coefficient (Wildman–Crippen LogP) is -1.75. The quantitative estimate of drug-likeness (QED) is 0.251. The summed E-state index contributed by atoms with van der Waals surface area (Å²) in [5.41, 5.74) is 0. The minimum Gasteiger partial charge on any atom is -0.444 e. The van der Waals surface area contributed by atoms with Crippen LogP contribution in [0.25, 0.3) is 0 Å². The molecular formula is C4H8O5SSi. The van der Waals surface area contributed by atoms with E-state index in [4.69, 9.17) is 4.55 Å². The van der Waals surface area contributed by atoms with E-state index in [1.54, 1.807) is 0 Å². The van der Waals surface area contributed by atoms with Gasteiger partial charge in [-0.25, -0.2) is 4.79 Å². The summed E-state index contributed by atoms with van der Waals surface area (Å²) in [5, 5.41) is 0.216. The SMILES string of the molecule is C=C([SiH3])C(=O)OCS(=O)(=O)O. The van der Waals surface area contributed by atoms with Gasteiger partial charge in [-0.05, 0) is 0 Å². The van der Waals surface area contributed by atoms with Gasteiger partial charge in [0.2, 0.25) is 5.94 Å². The molecule has 0 radical (unpaired) electrons. The molecule has 0 fully saturated rings. The van der Waals surface area contributed by atoms with Gasteiger partial charge in [-0.15, -0.1) is 0 Å². The number of rotatable bonds is 3. The number of esters is 1. The second-order valence-electron chi connectivity index (χ2n) is 1.91. The van der Waals surface area contributed by atoms with Crippen molar-refractivity contribution < 1.29 is 22.5 Å². The molecule has 0 aliphatic rings. The number of hydrogen-bond donors (Lipinski definition) is 1. The fourth-order valence-corrected chi connectivity index (χ4v) is 0.651. The van der Waals surface area contributed by atoms with Gasteiger partial charge in [0.1, 0.15) is 0 Å². The van der Waals surface area contributed by atoms with Crippen molar-refractivity contribution in [2.75, 3.05) is 5.94 Å². The van der Waals surface area contributed by atoms with Gasteiger partial charge >= 0.3 is 16.1 Å². The lowest BCUT2D eigenvalue weighted by Crippen LogP contribution is -2.14. The standard InChI is InChI=1S/C4H8O5SSi/c1-3(11)4(5)9-2-10(6,7)8/h1-2H2,11H3,(H,6,7,8). The predicted molar refractivity (Wildman–Crippen MR) is 41.6 cm³/mol. The first-order chi connectivity index (χ1) is 4.83. The van der Waals surface area contributed by atoms with E-state index in [2.05, 4.69) is 11.3 Å². The highest BCUT2D eigenvalue weighted by Crippen LogP contribution is 1.90. The lowest BCUT2D eigenvalue weighted by Gasteiger charge is -1.99. The summed E-state index contributed by atoms with van der Waals surface area (Å²) in [6, 6.07) is 0. The first-order valence-electron chi connectivity index (χ1n) is 2.61. The highest BCUT2D eigenvalue weighted by molar-refractivity contribution is 7.85. The molecule has 0 aromatic heterocycles. The first-order valence-corrected chi connectivity index (χ1v) is 5.21. The maximum Gasteiger partial charge on any atom is 0.329 e. The fraction of sp³-hybridized carbons (Fsp3) is 0.250. The maximum absolute atomic E-state index is 10.5. The van der Waals surface area contributed by atoms with Crippen LogP contribution in [0.5, 0.6) is 0 Å². The number of ether oxygens (including phenoxy) is 1. The highest BCUT2D eigenvalue weighted by Gasteiger charge is 2.09. The van der Waals surface area contributed by atoms with Crippen molar-refractivity contribution in [3.8, 4) is 0 Å². The summed E-state index contributed by atoms with van der Waals surface area (Å²) >= 11 is 0. The molecule has 0 aromatic carbocycles. The van der Waals surface area contributed by atoms with Crippen LogP contribution in [0.15, 0.2) is 11.8 Å². The molecule has 0 bridgehead atoms. The third-order valence-corrected chi connectivity index (χ3v) is 1.51. The third-order valence-electron chi connectivity index (χ3n) is 0.687. The first kappa shape index (κ1) is 10.3. The zero-order valence-electron chi connectivity index (χ0n) is 5.90. The maximum atomic E-state index is 10.5. The fourth-order valence-electron chi connectivity index (χ4n) is 0.251. The summed E-state index contributed by atoms with van der Waals surface area (Å²) in [5.74, 6) is -1.79. The minimum atomic E-state index is -4.22. The van der Waals surface area contributed by atoms with E-state index in [1.807, 2.05) is 0 Å². The van der Waals surface area contributed by atoms with Gasteiger partial charge in [0, 0.05) is 15.4 Å². The Balaban J connectivity index is 3.92. The van der Waals surface area contributed by atoms with E-state index >= 15 is 0 Å². The van der Waals surface area contributed by atoms with Gasteiger partial charge in [0.05, 0.1) is 0 Å². The molecule has 0 heterocycles. The molecule has 0 aliphatic heterocycles. The van der Waals surface area contributed by atoms with Crippen molar-refractivity contribution in [3.63, 3.8) is 0 Å².